The van der Waals surface area contributed by atoms with Crippen LogP contribution in [0.15, 0.2) is 59.0 Å². The van der Waals surface area contributed by atoms with Gasteiger partial charge in [0.2, 0.25) is 0 Å². The maximum absolute atomic E-state index is 13.4. The zero-order chi connectivity index (χ0) is 27.9. The van der Waals surface area contributed by atoms with Gasteiger partial charge in [-0.2, -0.15) is 0 Å². The van der Waals surface area contributed by atoms with Crippen LogP contribution in [0.5, 0.6) is 0 Å². The highest BCUT2D eigenvalue weighted by Gasteiger charge is 2.32. The first-order valence-electron chi connectivity index (χ1n) is 13.8. The number of anilines is 1. The number of hydrogen-bond acceptors (Lipinski definition) is 5. The number of nitrogens with zero attached hydrogens (tertiary/aromatic N) is 1. The number of hydrogen-bond donors (Lipinski definition) is 2. The molecule has 3 rings (SSSR count). The van der Waals surface area contributed by atoms with Gasteiger partial charge < -0.3 is 15.1 Å². The highest BCUT2D eigenvalue weighted by atomic mass is 32.2. The molecule has 0 aliphatic heterocycles. The average Bonchev–Trinajstić information content (AvgIpc) is 2.86. The van der Waals surface area contributed by atoms with Gasteiger partial charge in [0.1, 0.15) is 0 Å². The van der Waals surface area contributed by atoms with Crippen molar-refractivity contribution < 1.29 is 15.0 Å². The van der Waals surface area contributed by atoms with E-state index in [0.717, 1.165) is 33.9 Å². The molecule has 1 aliphatic carbocycles. The van der Waals surface area contributed by atoms with Crippen molar-refractivity contribution in [1.29, 1.82) is 0 Å². The summed E-state index contributed by atoms with van der Waals surface area (Å²) in [6, 6.07) is 14.8. The van der Waals surface area contributed by atoms with Gasteiger partial charge in [-0.15, -0.1) is 11.8 Å². The molecule has 0 aromatic heterocycles. The maximum atomic E-state index is 13.4. The van der Waals surface area contributed by atoms with E-state index in [9.17, 15) is 15.0 Å². The van der Waals surface area contributed by atoms with E-state index in [1.807, 2.05) is 29.2 Å². The lowest BCUT2D eigenvalue weighted by Crippen LogP contribution is -2.29. The van der Waals surface area contributed by atoms with E-state index in [0.29, 0.717) is 31.3 Å². The minimum Gasteiger partial charge on any atom is -0.395 e. The fraction of sp³-hybridized carbons (Fsp3) is 0.485. The fourth-order valence-electron chi connectivity index (χ4n) is 5.28. The minimum atomic E-state index is -0.0568. The van der Waals surface area contributed by atoms with Crippen LogP contribution in [0.4, 0.5) is 5.69 Å². The van der Waals surface area contributed by atoms with Crippen LogP contribution in [0.2, 0.25) is 0 Å². The number of aliphatic hydroxyl groups is 2. The Hall–Kier alpha value is -2.34. The minimum absolute atomic E-state index is 0.0420. The van der Waals surface area contributed by atoms with Crippen molar-refractivity contribution >= 4 is 29.3 Å². The van der Waals surface area contributed by atoms with E-state index in [1.54, 1.807) is 11.8 Å². The summed E-state index contributed by atoms with van der Waals surface area (Å²) in [5.74, 6) is 1.93. The highest BCUT2D eigenvalue weighted by molar-refractivity contribution is 8.03. The summed E-state index contributed by atoms with van der Waals surface area (Å²) in [4.78, 5) is 16.2. The molecule has 1 aliphatic rings. The third-order valence-electron chi connectivity index (χ3n) is 7.18. The number of thioether (sulfide) groups is 1. The number of aliphatic hydroxyl groups excluding tert-OH is 2. The lowest BCUT2D eigenvalue weighted by molar-refractivity contribution is -0.117. The Kier molecular flexibility index (Phi) is 10.8. The molecule has 38 heavy (non-hydrogen) atoms. The third kappa shape index (κ3) is 7.84. The third-order valence-corrected chi connectivity index (χ3v) is 8.39. The molecule has 0 saturated heterocycles. The topological polar surface area (TPSA) is 60.8 Å². The molecule has 0 spiro atoms. The Bertz CT molecular complexity index is 1110. The van der Waals surface area contributed by atoms with Crippen molar-refractivity contribution in [3.05, 3.63) is 81.3 Å². The molecule has 4 nitrogen and oxygen atoms in total. The summed E-state index contributed by atoms with van der Waals surface area (Å²) in [5, 5.41) is 18.7. The molecule has 2 aromatic carbocycles. The number of ketones is 1. The lowest BCUT2D eigenvalue weighted by Gasteiger charge is -2.31. The van der Waals surface area contributed by atoms with E-state index < -0.39 is 0 Å². The van der Waals surface area contributed by atoms with Crippen LogP contribution in [-0.2, 0) is 10.5 Å². The van der Waals surface area contributed by atoms with Gasteiger partial charge in [-0.25, -0.2) is 0 Å². The molecule has 0 atom stereocenters. The normalized spacial score (nSPS) is 15.8. The van der Waals surface area contributed by atoms with Crippen molar-refractivity contribution in [3.63, 3.8) is 0 Å². The van der Waals surface area contributed by atoms with Crippen molar-refractivity contribution in [2.24, 2.45) is 5.41 Å². The Morgan fingerprint density at radius 1 is 0.895 bits per heavy atom. The molecular formula is C33H45NO3S. The Labute approximate surface area is 233 Å². The second-order valence-electron chi connectivity index (χ2n) is 11.7. The van der Waals surface area contributed by atoms with Gasteiger partial charge in [-0.3, -0.25) is 4.79 Å². The largest absolute Gasteiger partial charge is 0.395 e. The zero-order valence-corrected chi connectivity index (χ0v) is 24.8. The van der Waals surface area contributed by atoms with Crippen molar-refractivity contribution in [2.45, 2.75) is 72.0 Å². The van der Waals surface area contributed by atoms with Gasteiger partial charge in [0, 0.05) is 31.0 Å². The van der Waals surface area contributed by atoms with Gasteiger partial charge in [0.25, 0.3) is 0 Å². The molecule has 206 valence electrons. The van der Waals surface area contributed by atoms with Crippen molar-refractivity contribution in [3.8, 4) is 0 Å². The highest BCUT2D eigenvalue weighted by Crippen LogP contribution is 2.43. The second-order valence-corrected chi connectivity index (χ2v) is 12.7. The first kappa shape index (κ1) is 30.2. The van der Waals surface area contributed by atoms with E-state index in [2.05, 4.69) is 71.9 Å². The maximum Gasteiger partial charge on any atom is 0.170 e. The fourth-order valence-corrected chi connectivity index (χ4v) is 6.46. The summed E-state index contributed by atoms with van der Waals surface area (Å²) in [5.41, 5.74) is 7.22. The molecule has 0 radical (unpaired) electrons. The molecular weight excluding hydrogens is 490 g/mol. The van der Waals surface area contributed by atoms with E-state index in [4.69, 9.17) is 0 Å². The predicted molar refractivity (Wildman–Crippen MR) is 163 cm³/mol. The number of allylic oxidation sites excluding steroid dienone is 3. The summed E-state index contributed by atoms with van der Waals surface area (Å²) in [6.45, 7) is 14.4. The monoisotopic (exact) mass is 535 g/mol. The first-order chi connectivity index (χ1) is 18.1. The van der Waals surface area contributed by atoms with Crippen LogP contribution >= 0.6 is 11.8 Å². The van der Waals surface area contributed by atoms with Crippen LogP contribution in [0.3, 0.4) is 0 Å². The second kappa shape index (κ2) is 13.6. The molecule has 0 unspecified atom stereocenters. The van der Waals surface area contributed by atoms with Gasteiger partial charge in [0.15, 0.2) is 5.78 Å². The summed E-state index contributed by atoms with van der Waals surface area (Å²) in [7, 11) is 0. The SMILES string of the molecule is CC(C)c1cccc(C(C)C)c1CSC1=C(/C=C/c2ccc(N(CCO)CCO)cc2)CC(C)(C)CC1=O. The smallest absolute Gasteiger partial charge is 0.170 e. The standard InChI is InChI=1S/C33H45NO3S/c1-23(2)28-8-7-9-29(24(3)4)30(28)22-38-32-26(20-33(5,6)21-31(32)37)13-10-25-11-14-27(15-12-25)34(16-18-35)17-19-36/h7-15,23-24,35-36H,16-22H2,1-6H3/b13-10+. The summed E-state index contributed by atoms with van der Waals surface area (Å²) < 4.78 is 0. The predicted octanol–water partition coefficient (Wildman–Crippen LogP) is 7.31. The molecule has 0 amide bonds. The van der Waals surface area contributed by atoms with Gasteiger partial charge in [-0.1, -0.05) is 84.0 Å². The van der Waals surface area contributed by atoms with Gasteiger partial charge >= 0.3 is 0 Å². The number of carbonyl (C=O) groups excluding carboxylic acids is 1. The van der Waals surface area contributed by atoms with Crippen molar-refractivity contribution in [1.82, 2.24) is 0 Å². The van der Waals surface area contributed by atoms with Crippen molar-refractivity contribution in [2.75, 3.05) is 31.2 Å². The van der Waals surface area contributed by atoms with Crippen LogP contribution < -0.4 is 4.90 Å². The van der Waals surface area contributed by atoms with Gasteiger partial charge in [0.05, 0.1) is 18.1 Å². The Morgan fingerprint density at radius 2 is 1.47 bits per heavy atom. The Balaban J connectivity index is 1.90. The Morgan fingerprint density at radius 3 is 2.00 bits per heavy atom. The average molecular weight is 536 g/mol. The molecule has 0 bridgehead atoms. The van der Waals surface area contributed by atoms with E-state index >= 15 is 0 Å². The first-order valence-corrected chi connectivity index (χ1v) is 14.8. The quantitative estimate of drug-likeness (QED) is 0.298. The zero-order valence-electron chi connectivity index (χ0n) is 24.0. The van der Waals surface area contributed by atoms with Crippen LogP contribution in [0.1, 0.15) is 88.5 Å². The van der Waals surface area contributed by atoms with Crippen LogP contribution in [0.25, 0.3) is 6.08 Å². The van der Waals surface area contributed by atoms with Crippen LogP contribution in [0, 0.1) is 5.41 Å². The molecule has 5 heteroatoms. The summed E-state index contributed by atoms with van der Waals surface area (Å²) in [6.07, 6.45) is 5.68. The molecule has 0 saturated carbocycles. The molecule has 2 N–H and O–H groups in total. The number of rotatable bonds is 12. The molecule has 0 heterocycles. The van der Waals surface area contributed by atoms with E-state index in [-0.39, 0.29) is 24.4 Å². The van der Waals surface area contributed by atoms with Gasteiger partial charge in [-0.05, 0) is 63.6 Å². The summed E-state index contributed by atoms with van der Waals surface area (Å²) >= 11 is 1.71. The number of Topliss-reactive ketones (excluding diaryl/α,β-unsaturated/α-hetero) is 1. The van der Waals surface area contributed by atoms with E-state index in [1.165, 1.54) is 16.7 Å². The number of benzene rings is 2. The molecule has 0 fully saturated rings. The molecule has 2 aromatic rings. The number of carbonyl (C=O) groups is 1. The lowest BCUT2D eigenvalue weighted by atomic mass is 9.76. The van der Waals surface area contributed by atoms with Crippen LogP contribution in [-0.4, -0.2) is 42.3 Å².